The first kappa shape index (κ1) is 22.1. The molecule has 1 unspecified atom stereocenters. The summed E-state index contributed by atoms with van der Waals surface area (Å²) in [6.07, 6.45) is 4.57. The molecule has 2 fully saturated rings. The molecule has 0 spiro atoms. The van der Waals surface area contributed by atoms with E-state index < -0.39 is 0 Å². The number of rotatable bonds is 11. The van der Waals surface area contributed by atoms with Crippen LogP contribution >= 0.6 is 0 Å². The number of nitrogens with zero attached hydrogens (tertiary/aromatic N) is 2. The van der Waals surface area contributed by atoms with E-state index in [4.69, 9.17) is 4.74 Å². The second-order valence-corrected chi connectivity index (χ2v) is 8.09. The Morgan fingerprint density at radius 1 is 1.19 bits per heavy atom. The van der Waals surface area contributed by atoms with Gasteiger partial charge in [0.1, 0.15) is 0 Å². The van der Waals surface area contributed by atoms with E-state index in [1.165, 1.54) is 0 Å². The summed E-state index contributed by atoms with van der Waals surface area (Å²) < 4.78 is 5.35. The number of morpholine rings is 1. The van der Waals surface area contributed by atoms with Crippen LogP contribution in [0.4, 0.5) is 0 Å². The topological polar surface area (TPSA) is 73.9 Å². The molecule has 2 rings (SSSR count). The van der Waals surface area contributed by atoms with Gasteiger partial charge in [-0.15, -0.1) is 0 Å². The van der Waals surface area contributed by atoms with Crippen molar-refractivity contribution in [3.8, 4) is 0 Å². The van der Waals surface area contributed by atoms with Crippen LogP contribution < -0.4 is 10.6 Å². The number of hydrogen-bond donors (Lipinski definition) is 2. The van der Waals surface area contributed by atoms with Crippen LogP contribution in [0.2, 0.25) is 0 Å². The molecule has 156 valence electrons. The van der Waals surface area contributed by atoms with Gasteiger partial charge in [0.25, 0.3) is 0 Å². The molecule has 2 aliphatic rings. The Bertz CT molecular complexity index is 453. The summed E-state index contributed by atoms with van der Waals surface area (Å²) >= 11 is 0. The third-order valence-corrected chi connectivity index (χ3v) is 5.39. The van der Waals surface area contributed by atoms with Crippen LogP contribution in [-0.4, -0.2) is 86.7 Å². The van der Waals surface area contributed by atoms with Crippen LogP contribution in [0.1, 0.15) is 46.0 Å². The predicted molar refractivity (Wildman–Crippen MR) is 107 cm³/mol. The zero-order chi connectivity index (χ0) is 19.5. The van der Waals surface area contributed by atoms with Crippen LogP contribution in [0.3, 0.4) is 0 Å². The van der Waals surface area contributed by atoms with Gasteiger partial charge in [-0.25, -0.2) is 0 Å². The molecule has 7 nitrogen and oxygen atoms in total. The van der Waals surface area contributed by atoms with Crippen molar-refractivity contribution >= 4 is 11.8 Å². The largest absolute Gasteiger partial charge is 0.379 e. The van der Waals surface area contributed by atoms with Crippen LogP contribution in [0, 0.1) is 5.92 Å². The molecule has 27 heavy (non-hydrogen) atoms. The fraction of sp³-hybridized carbons (Fsp3) is 0.900. The maximum atomic E-state index is 12.3. The lowest BCUT2D eigenvalue weighted by molar-refractivity contribution is -0.134. The fourth-order valence-corrected chi connectivity index (χ4v) is 3.61. The molecule has 0 aliphatic carbocycles. The summed E-state index contributed by atoms with van der Waals surface area (Å²) in [7, 11) is 0. The maximum Gasteiger partial charge on any atom is 0.237 e. The molecule has 2 N–H and O–H groups in total. The summed E-state index contributed by atoms with van der Waals surface area (Å²) in [6.45, 7) is 12.3. The lowest BCUT2D eigenvalue weighted by Crippen LogP contribution is -2.56. The summed E-state index contributed by atoms with van der Waals surface area (Å²) in [6, 6.07) is -0.321. The zero-order valence-corrected chi connectivity index (χ0v) is 17.2. The van der Waals surface area contributed by atoms with Gasteiger partial charge in [-0.2, -0.15) is 0 Å². The molecule has 2 saturated heterocycles. The van der Waals surface area contributed by atoms with E-state index in [1.807, 2.05) is 0 Å². The van der Waals surface area contributed by atoms with Crippen LogP contribution in [0.15, 0.2) is 0 Å². The SMILES string of the molecule is CC(C)CCN1CCNC(=O)C1CC(=O)NCCCCCN1CCOCC1. The van der Waals surface area contributed by atoms with Gasteiger partial charge in [-0.3, -0.25) is 19.4 Å². The second-order valence-electron chi connectivity index (χ2n) is 8.09. The minimum atomic E-state index is -0.321. The van der Waals surface area contributed by atoms with E-state index in [-0.39, 0.29) is 24.3 Å². The van der Waals surface area contributed by atoms with Gasteiger partial charge in [0.15, 0.2) is 0 Å². The van der Waals surface area contributed by atoms with E-state index in [9.17, 15) is 9.59 Å². The van der Waals surface area contributed by atoms with Crippen LogP contribution in [0.5, 0.6) is 0 Å². The van der Waals surface area contributed by atoms with Gasteiger partial charge in [0.2, 0.25) is 11.8 Å². The van der Waals surface area contributed by atoms with E-state index in [0.717, 1.165) is 71.6 Å². The van der Waals surface area contributed by atoms with Crippen molar-refractivity contribution in [1.29, 1.82) is 0 Å². The van der Waals surface area contributed by atoms with Crippen molar-refractivity contribution in [3.63, 3.8) is 0 Å². The summed E-state index contributed by atoms with van der Waals surface area (Å²) in [5.74, 6) is 0.576. The van der Waals surface area contributed by atoms with Crippen molar-refractivity contribution in [2.24, 2.45) is 5.92 Å². The number of carbonyl (C=O) groups excluding carboxylic acids is 2. The molecule has 7 heteroatoms. The smallest absolute Gasteiger partial charge is 0.237 e. The van der Waals surface area contributed by atoms with Gasteiger partial charge >= 0.3 is 0 Å². The predicted octanol–water partition coefficient (Wildman–Crippen LogP) is 0.842. The molecule has 0 bridgehead atoms. The number of ether oxygens (including phenoxy) is 1. The number of unbranched alkanes of at least 4 members (excludes halogenated alkanes) is 2. The number of hydrogen-bond acceptors (Lipinski definition) is 5. The Kier molecular flexibility index (Phi) is 10.1. The molecule has 0 aromatic rings. The van der Waals surface area contributed by atoms with E-state index in [2.05, 4.69) is 34.3 Å². The Morgan fingerprint density at radius 2 is 1.96 bits per heavy atom. The first-order chi connectivity index (χ1) is 13.1. The lowest BCUT2D eigenvalue weighted by atomic mass is 10.1. The molecule has 2 amide bonds. The summed E-state index contributed by atoms with van der Waals surface area (Å²) in [4.78, 5) is 29.1. The zero-order valence-electron chi connectivity index (χ0n) is 17.2. The fourth-order valence-electron chi connectivity index (χ4n) is 3.61. The number of amides is 2. The average molecular weight is 383 g/mol. The molecule has 0 aromatic carbocycles. The van der Waals surface area contributed by atoms with E-state index >= 15 is 0 Å². The Hall–Kier alpha value is -1.18. The monoisotopic (exact) mass is 382 g/mol. The molecule has 2 heterocycles. The van der Waals surface area contributed by atoms with Crippen LogP contribution in [0.25, 0.3) is 0 Å². The first-order valence-corrected chi connectivity index (χ1v) is 10.6. The maximum absolute atomic E-state index is 12.3. The molecule has 1 atom stereocenters. The third-order valence-electron chi connectivity index (χ3n) is 5.39. The molecule has 0 radical (unpaired) electrons. The molecular formula is C20H38N4O3. The second kappa shape index (κ2) is 12.3. The van der Waals surface area contributed by atoms with Gasteiger partial charge in [0, 0.05) is 32.7 Å². The average Bonchev–Trinajstić information content (AvgIpc) is 2.66. The highest BCUT2D eigenvalue weighted by Gasteiger charge is 2.31. The quantitative estimate of drug-likeness (QED) is 0.518. The lowest BCUT2D eigenvalue weighted by Gasteiger charge is -2.35. The van der Waals surface area contributed by atoms with Crippen molar-refractivity contribution < 1.29 is 14.3 Å². The molecule has 0 aromatic heterocycles. The number of nitrogens with one attached hydrogen (secondary N) is 2. The first-order valence-electron chi connectivity index (χ1n) is 10.6. The Labute approximate surface area is 164 Å². The third kappa shape index (κ3) is 8.58. The number of piperazine rings is 1. The van der Waals surface area contributed by atoms with E-state index in [0.29, 0.717) is 19.0 Å². The van der Waals surface area contributed by atoms with Crippen molar-refractivity contribution in [3.05, 3.63) is 0 Å². The van der Waals surface area contributed by atoms with Gasteiger partial charge < -0.3 is 15.4 Å². The standard InChI is InChI=1S/C20H38N4O3/c1-17(2)6-10-24-11-8-22-20(26)18(24)16-19(25)21-7-4-3-5-9-23-12-14-27-15-13-23/h17-18H,3-16H2,1-2H3,(H,21,25)(H,22,26). The summed E-state index contributed by atoms with van der Waals surface area (Å²) in [5, 5.41) is 5.89. The van der Waals surface area contributed by atoms with Crippen molar-refractivity contribution in [2.75, 3.05) is 59.0 Å². The van der Waals surface area contributed by atoms with E-state index in [1.54, 1.807) is 0 Å². The van der Waals surface area contributed by atoms with Gasteiger partial charge in [-0.05, 0) is 38.3 Å². The molecule has 0 saturated carbocycles. The van der Waals surface area contributed by atoms with Crippen LogP contribution in [-0.2, 0) is 14.3 Å². The molecular weight excluding hydrogens is 344 g/mol. The van der Waals surface area contributed by atoms with Crippen molar-refractivity contribution in [2.45, 2.75) is 52.0 Å². The molecule has 2 aliphatic heterocycles. The van der Waals surface area contributed by atoms with Gasteiger partial charge in [-0.1, -0.05) is 20.3 Å². The highest BCUT2D eigenvalue weighted by Crippen LogP contribution is 2.12. The Morgan fingerprint density at radius 3 is 2.70 bits per heavy atom. The number of carbonyl (C=O) groups is 2. The Balaban J connectivity index is 1.59. The normalized spacial score (nSPS) is 22.0. The minimum absolute atomic E-state index is 0.00864. The highest BCUT2D eigenvalue weighted by molar-refractivity contribution is 5.88. The summed E-state index contributed by atoms with van der Waals surface area (Å²) in [5.41, 5.74) is 0. The van der Waals surface area contributed by atoms with Crippen molar-refractivity contribution in [1.82, 2.24) is 20.4 Å². The minimum Gasteiger partial charge on any atom is -0.379 e. The van der Waals surface area contributed by atoms with Gasteiger partial charge in [0.05, 0.1) is 25.7 Å². The highest BCUT2D eigenvalue weighted by atomic mass is 16.5.